The Bertz CT molecular complexity index is 1160. The van der Waals surface area contributed by atoms with Crippen LogP contribution in [0.4, 0.5) is 0 Å². The van der Waals surface area contributed by atoms with Crippen molar-refractivity contribution in [2.24, 2.45) is 11.8 Å². The number of ketones is 2. The van der Waals surface area contributed by atoms with Gasteiger partial charge in [0.05, 0.1) is 78.4 Å². The van der Waals surface area contributed by atoms with Gasteiger partial charge in [0.15, 0.2) is 11.6 Å². The Balaban J connectivity index is 1.54. The van der Waals surface area contributed by atoms with Crippen LogP contribution in [-0.2, 0) is 0 Å². The Morgan fingerprint density at radius 3 is 1.20 bits per heavy atom. The maximum atomic E-state index is 14.4. The van der Waals surface area contributed by atoms with Crippen molar-refractivity contribution in [2.45, 2.75) is 117 Å². The molecule has 2 saturated heterocycles. The molecule has 2 aliphatic rings. The van der Waals surface area contributed by atoms with Gasteiger partial charge >= 0.3 is 0 Å². The zero-order valence-electron chi connectivity index (χ0n) is 32.3. The van der Waals surface area contributed by atoms with Gasteiger partial charge in [-0.1, -0.05) is 39.5 Å². The highest BCUT2D eigenvalue weighted by molar-refractivity contribution is 5.99. The quantitative estimate of drug-likeness (QED) is 0.0744. The second-order valence-corrected chi connectivity index (χ2v) is 16.2. The van der Waals surface area contributed by atoms with Gasteiger partial charge in [0.25, 0.3) is 0 Å². The number of carbonyl (C=O) groups is 2. The summed E-state index contributed by atoms with van der Waals surface area (Å²) in [4.78, 5) is 28.8. The van der Waals surface area contributed by atoms with E-state index in [1.807, 2.05) is 48.5 Å². The molecule has 0 bridgehead atoms. The minimum absolute atomic E-state index is 0.127. The molecule has 278 valence electrons. The molecule has 2 heterocycles. The van der Waals surface area contributed by atoms with E-state index in [9.17, 15) is 9.59 Å². The lowest BCUT2D eigenvalue weighted by atomic mass is 9.85. The molecule has 50 heavy (non-hydrogen) atoms. The molecule has 0 aliphatic carbocycles. The zero-order chi connectivity index (χ0) is 35.7. The Kier molecular flexibility index (Phi) is 16.8. The number of benzene rings is 2. The second-order valence-electron chi connectivity index (χ2n) is 16.2. The molecule has 0 radical (unpaired) electrons. The summed E-state index contributed by atoms with van der Waals surface area (Å²) in [6, 6.07) is 15.7. The first-order valence-corrected chi connectivity index (χ1v) is 20.5. The first-order valence-electron chi connectivity index (χ1n) is 20.5. The highest BCUT2D eigenvalue weighted by Gasteiger charge is 2.36. The molecule has 2 fully saturated rings. The minimum atomic E-state index is -0.127. The van der Waals surface area contributed by atoms with E-state index in [0.717, 1.165) is 109 Å². The van der Waals surface area contributed by atoms with Crippen LogP contribution in [0.15, 0.2) is 48.5 Å². The molecule has 4 rings (SSSR count). The fraction of sp³-hybridized carbons (Fsp3) is 0.682. The van der Waals surface area contributed by atoms with E-state index in [2.05, 4.69) is 27.9 Å². The molecule has 6 nitrogen and oxygen atoms in total. The molecule has 0 amide bonds. The van der Waals surface area contributed by atoms with E-state index in [1.165, 1.54) is 64.2 Å². The number of rotatable bonds is 21. The average Bonchev–Trinajstić information content (AvgIpc) is 3.49. The number of hydrogen-bond donors (Lipinski definition) is 0. The van der Waals surface area contributed by atoms with Crippen LogP contribution in [0.5, 0.6) is 11.5 Å². The highest BCUT2D eigenvalue weighted by atomic mass is 16.5. The maximum absolute atomic E-state index is 14.4. The first-order chi connectivity index (χ1) is 24.2. The molecule has 0 spiro atoms. The van der Waals surface area contributed by atoms with E-state index in [0.29, 0.717) is 13.2 Å². The summed E-state index contributed by atoms with van der Waals surface area (Å²) in [6.45, 7) is 12.0. The van der Waals surface area contributed by atoms with Crippen LogP contribution in [0.3, 0.4) is 0 Å². The summed E-state index contributed by atoms with van der Waals surface area (Å²) in [5.41, 5.74) is 1.53. The van der Waals surface area contributed by atoms with E-state index < -0.39 is 0 Å². The molecule has 0 N–H and O–H groups in total. The minimum Gasteiger partial charge on any atom is -0.494 e. The van der Waals surface area contributed by atoms with E-state index in [-0.39, 0.29) is 23.4 Å². The number of unbranched alkanes of at least 4 members (excludes halogenated alkanes) is 4. The van der Waals surface area contributed by atoms with E-state index in [4.69, 9.17) is 9.47 Å². The molecular formula is C44H70N2O4+2. The predicted molar refractivity (Wildman–Crippen MR) is 206 cm³/mol. The Hall–Kier alpha value is -2.70. The number of Topliss-reactive ketones (excluding diaryl/α,β-unsaturated/α-hetero) is 2. The lowest BCUT2D eigenvalue weighted by Gasteiger charge is -2.38. The van der Waals surface area contributed by atoms with Crippen molar-refractivity contribution in [2.75, 3.05) is 66.6 Å². The number of nitrogens with zero attached hydrogens (tertiary/aromatic N) is 2. The molecule has 0 aromatic heterocycles. The lowest BCUT2D eigenvalue weighted by Crippen LogP contribution is -2.50. The number of hydrogen-bond acceptors (Lipinski definition) is 4. The normalized spacial score (nSPS) is 18.7. The molecular weight excluding hydrogens is 620 g/mol. The Labute approximate surface area is 305 Å². The number of ether oxygens (including phenoxy) is 2. The van der Waals surface area contributed by atoms with Gasteiger partial charge in [0.2, 0.25) is 0 Å². The average molecular weight is 691 g/mol. The van der Waals surface area contributed by atoms with Gasteiger partial charge in [-0.3, -0.25) is 9.59 Å². The molecule has 2 aromatic rings. The van der Waals surface area contributed by atoms with Gasteiger partial charge in [0.1, 0.15) is 11.5 Å². The monoisotopic (exact) mass is 691 g/mol. The van der Waals surface area contributed by atoms with Crippen molar-refractivity contribution in [1.82, 2.24) is 0 Å². The van der Waals surface area contributed by atoms with Crippen molar-refractivity contribution >= 4 is 11.6 Å². The van der Waals surface area contributed by atoms with E-state index in [1.54, 1.807) is 0 Å². The topological polar surface area (TPSA) is 52.6 Å². The van der Waals surface area contributed by atoms with Gasteiger partial charge in [0, 0.05) is 11.1 Å². The van der Waals surface area contributed by atoms with Crippen molar-refractivity contribution in [3.63, 3.8) is 0 Å². The summed E-state index contributed by atoms with van der Waals surface area (Å²) in [7, 11) is 4.72. The molecule has 0 unspecified atom stereocenters. The van der Waals surface area contributed by atoms with Crippen molar-refractivity contribution in [3.8, 4) is 11.5 Å². The SMILES string of the molecule is CCCCCOc1ccc(C(=O)[C@H](CC[C@H](C[N+]2(C)CCCCCC2)C(=O)c2ccc(OCCCCC)cc2)C[N+]2(C)CCCCCC2)cc1. The first kappa shape index (κ1) is 40.1. The fourth-order valence-electron chi connectivity index (χ4n) is 8.33. The summed E-state index contributed by atoms with van der Waals surface area (Å²) >= 11 is 0. The highest BCUT2D eigenvalue weighted by Crippen LogP contribution is 2.29. The number of likely N-dealkylation sites (tertiary alicyclic amines) is 2. The summed E-state index contributed by atoms with van der Waals surface area (Å²) in [5.74, 6) is 1.85. The maximum Gasteiger partial charge on any atom is 0.171 e. The van der Waals surface area contributed by atoms with Crippen molar-refractivity contribution in [3.05, 3.63) is 59.7 Å². The van der Waals surface area contributed by atoms with Crippen LogP contribution >= 0.6 is 0 Å². The third kappa shape index (κ3) is 13.1. The van der Waals surface area contributed by atoms with Crippen LogP contribution in [0.25, 0.3) is 0 Å². The van der Waals surface area contributed by atoms with Crippen LogP contribution in [0.2, 0.25) is 0 Å². The summed E-state index contributed by atoms with van der Waals surface area (Å²) in [5, 5.41) is 0. The fourth-order valence-corrected chi connectivity index (χ4v) is 8.33. The van der Waals surface area contributed by atoms with Gasteiger partial charge in [-0.05, 0) is 126 Å². The van der Waals surface area contributed by atoms with Gasteiger partial charge in [-0.15, -0.1) is 0 Å². The Morgan fingerprint density at radius 1 is 0.540 bits per heavy atom. The smallest absolute Gasteiger partial charge is 0.171 e. The van der Waals surface area contributed by atoms with Crippen LogP contribution in [0, 0.1) is 11.8 Å². The third-order valence-electron chi connectivity index (χ3n) is 11.5. The predicted octanol–water partition coefficient (Wildman–Crippen LogP) is 9.94. The standard InChI is InChI=1S/C44H70N2O4/c1-5-7-17-33-49-41-25-21-37(22-26-41)43(47)39(35-45(3)29-13-9-10-14-30-45)19-20-40(36-46(4)31-15-11-12-16-32-46)44(48)38-23-27-42(28-24-38)50-34-18-8-6-2/h21-28,39-40H,5-20,29-36H2,1-4H3/q+2/t39-,40-/m1/s1. The third-order valence-corrected chi connectivity index (χ3v) is 11.5. The Morgan fingerprint density at radius 2 is 0.880 bits per heavy atom. The van der Waals surface area contributed by atoms with Crippen LogP contribution in [0.1, 0.15) is 137 Å². The van der Waals surface area contributed by atoms with E-state index >= 15 is 0 Å². The molecule has 2 aliphatic heterocycles. The zero-order valence-corrected chi connectivity index (χ0v) is 32.3. The largest absolute Gasteiger partial charge is 0.494 e. The second kappa shape index (κ2) is 21.0. The van der Waals surface area contributed by atoms with Gasteiger partial charge < -0.3 is 18.4 Å². The summed E-state index contributed by atoms with van der Waals surface area (Å²) < 4.78 is 13.8. The molecule has 6 heteroatoms. The van der Waals surface area contributed by atoms with Crippen LogP contribution < -0.4 is 9.47 Å². The number of carbonyl (C=O) groups excluding carboxylic acids is 2. The molecule has 2 atom stereocenters. The molecule has 2 aromatic carbocycles. The number of quaternary nitrogens is 2. The lowest BCUT2D eigenvalue weighted by molar-refractivity contribution is -0.911. The van der Waals surface area contributed by atoms with Crippen molar-refractivity contribution in [1.29, 1.82) is 0 Å². The van der Waals surface area contributed by atoms with Gasteiger partial charge in [-0.25, -0.2) is 0 Å². The summed E-state index contributed by atoms with van der Waals surface area (Å²) in [6.07, 6.45) is 18.2. The van der Waals surface area contributed by atoms with Crippen LogP contribution in [-0.4, -0.2) is 87.1 Å². The van der Waals surface area contributed by atoms with Crippen molar-refractivity contribution < 1.29 is 28.0 Å². The van der Waals surface area contributed by atoms with Gasteiger partial charge in [-0.2, -0.15) is 0 Å². The molecule has 0 saturated carbocycles.